The van der Waals surface area contributed by atoms with Crippen molar-refractivity contribution < 1.29 is 4.79 Å². The summed E-state index contributed by atoms with van der Waals surface area (Å²) in [6.45, 7) is 2.67. The summed E-state index contributed by atoms with van der Waals surface area (Å²) >= 11 is 3.41. The molecule has 1 amide bonds. The van der Waals surface area contributed by atoms with E-state index >= 15 is 0 Å². The van der Waals surface area contributed by atoms with E-state index in [0.717, 1.165) is 15.6 Å². The summed E-state index contributed by atoms with van der Waals surface area (Å²) in [5.41, 5.74) is 3.14. The average molecular weight is 410 g/mol. The van der Waals surface area contributed by atoms with Gasteiger partial charge in [0.2, 0.25) is 5.91 Å². The second kappa shape index (κ2) is 8.63. The number of aromatic nitrogens is 2. The summed E-state index contributed by atoms with van der Waals surface area (Å²) in [7, 11) is 0. The third kappa shape index (κ3) is 5.17. The van der Waals surface area contributed by atoms with Crippen molar-refractivity contribution in [1.82, 2.24) is 15.1 Å². The molecule has 132 valence electrons. The summed E-state index contributed by atoms with van der Waals surface area (Å²) in [6.07, 6.45) is 7.00. The molecule has 1 atom stereocenters. The van der Waals surface area contributed by atoms with Crippen molar-refractivity contribution in [2.45, 2.75) is 19.5 Å². The van der Waals surface area contributed by atoms with Gasteiger partial charge in [-0.2, -0.15) is 5.10 Å². The van der Waals surface area contributed by atoms with Gasteiger partial charge in [-0.05, 0) is 36.3 Å². The molecule has 0 saturated heterocycles. The van der Waals surface area contributed by atoms with E-state index in [9.17, 15) is 4.79 Å². The van der Waals surface area contributed by atoms with Gasteiger partial charge >= 0.3 is 0 Å². The Morgan fingerprint density at radius 2 is 1.92 bits per heavy atom. The molecule has 0 aliphatic carbocycles. The number of amides is 1. The van der Waals surface area contributed by atoms with Crippen LogP contribution in [-0.4, -0.2) is 15.7 Å². The normalized spacial score (nSPS) is 12.2. The lowest BCUT2D eigenvalue weighted by molar-refractivity contribution is -0.117. The first-order valence-corrected chi connectivity index (χ1v) is 9.20. The molecule has 5 heteroatoms. The lowest BCUT2D eigenvalue weighted by Gasteiger charge is -2.12. The largest absolute Gasteiger partial charge is 0.346 e. The molecule has 0 spiro atoms. The third-order valence-electron chi connectivity index (χ3n) is 4.00. The Labute approximate surface area is 161 Å². The molecule has 2 aromatic carbocycles. The first-order chi connectivity index (χ1) is 12.6. The van der Waals surface area contributed by atoms with E-state index < -0.39 is 0 Å². The van der Waals surface area contributed by atoms with Gasteiger partial charge in [-0.1, -0.05) is 58.4 Å². The van der Waals surface area contributed by atoms with Gasteiger partial charge in [0.05, 0.1) is 18.8 Å². The topological polar surface area (TPSA) is 46.9 Å². The molecule has 1 N–H and O–H groups in total. The Hall–Kier alpha value is -2.66. The van der Waals surface area contributed by atoms with Crippen LogP contribution in [0.3, 0.4) is 0 Å². The van der Waals surface area contributed by atoms with E-state index in [1.54, 1.807) is 18.3 Å². The highest BCUT2D eigenvalue weighted by molar-refractivity contribution is 9.10. The van der Waals surface area contributed by atoms with Crippen LogP contribution >= 0.6 is 15.9 Å². The number of carbonyl (C=O) groups is 1. The number of hydrogen-bond acceptors (Lipinski definition) is 2. The van der Waals surface area contributed by atoms with Crippen molar-refractivity contribution in [3.63, 3.8) is 0 Å². The van der Waals surface area contributed by atoms with Gasteiger partial charge in [0.1, 0.15) is 0 Å². The summed E-state index contributed by atoms with van der Waals surface area (Å²) in [5.74, 6) is -0.128. The average Bonchev–Trinajstić information content (AvgIpc) is 3.09. The van der Waals surface area contributed by atoms with Gasteiger partial charge in [0.25, 0.3) is 0 Å². The van der Waals surface area contributed by atoms with Gasteiger partial charge in [0.15, 0.2) is 0 Å². The molecular weight excluding hydrogens is 390 g/mol. The number of halogens is 1. The molecule has 0 aliphatic rings. The van der Waals surface area contributed by atoms with Crippen LogP contribution in [0.15, 0.2) is 77.5 Å². The highest BCUT2D eigenvalue weighted by Gasteiger charge is 2.07. The standard InChI is InChI=1S/C21H20BrN3O/c1-16(19-8-10-20(22)11-9-19)24-21(26)12-7-18-13-23-25(15-18)14-17-5-3-2-4-6-17/h2-13,15-16H,14H2,1H3,(H,24,26)/b12-7+/t16-/m1/s1. The third-order valence-corrected chi connectivity index (χ3v) is 4.53. The van der Waals surface area contributed by atoms with Crippen molar-refractivity contribution in [1.29, 1.82) is 0 Å². The lowest BCUT2D eigenvalue weighted by atomic mass is 10.1. The zero-order valence-electron chi connectivity index (χ0n) is 14.5. The predicted molar refractivity (Wildman–Crippen MR) is 108 cm³/mol. The van der Waals surface area contributed by atoms with Crippen LogP contribution in [0, 0.1) is 0 Å². The number of hydrogen-bond donors (Lipinski definition) is 1. The smallest absolute Gasteiger partial charge is 0.244 e. The van der Waals surface area contributed by atoms with Crippen LogP contribution in [0.5, 0.6) is 0 Å². The fraction of sp³-hybridized carbons (Fsp3) is 0.143. The first kappa shape index (κ1) is 18.1. The Morgan fingerprint density at radius 1 is 1.19 bits per heavy atom. The van der Waals surface area contributed by atoms with Crippen molar-refractivity contribution in [3.05, 3.63) is 94.2 Å². The Kier molecular flexibility index (Phi) is 6.02. The van der Waals surface area contributed by atoms with E-state index in [2.05, 4.69) is 38.5 Å². The molecule has 0 fully saturated rings. The van der Waals surface area contributed by atoms with E-state index in [0.29, 0.717) is 6.54 Å². The van der Waals surface area contributed by atoms with E-state index in [-0.39, 0.29) is 11.9 Å². The van der Waals surface area contributed by atoms with E-state index in [4.69, 9.17) is 0 Å². The fourth-order valence-corrected chi connectivity index (χ4v) is 2.86. The Balaban J connectivity index is 1.55. The number of nitrogens with zero attached hydrogens (tertiary/aromatic N) is 2. The zero-order chi connectivity index (χ0) is 18.4. The summed E-state index contributed by atoms with van der Waals surface area (Å²) in [6, 6.07) is 18.0. The quantitative estimate of drug-likeness (QED) is 0.605. The second-order valence-corrected chi connectivity index (χ2v) is 6.99. The highest BCUT2D eigenvalue weighted by Crippen LogP contribution is 2.16. The molecule has 26 heavy (non-hydrogen) atoms. The molecule has 0 unspecified atom stereocenters. The SMILES string of the molecule is C[C@@H](NC(=O)/C=C/c1cnn(Cc2ccccc2)c1)c1ccc(Br)cc1. The maximum Gasteiger partial charge on any atom is 0.244 e. The van der Waals surface area contributed by atoms with Gasteiger partial charge < -0.3 is 5.32 Å². The van der Waals surface area contributed by atoms with Crippen molar-refractivity contribution in [2.24, 2.45) is 0 Å². The van der Waals surface area contributed by atoms with Crippen LogP contribution in [0.2, 0.25) is 0 Å². The molecule has 3 aromatic rings. The van der Waals surface area contributed by atoms with Crippen LogP contribution in [0.1, 0.15) is 29.7 Å². The number of nitrogens with one attached hydrogen (secondary N) is 1. The molecule has 0 aliphatic heterocycles. The molecule has 3 rings (SSSR count). The molecule has 0 bridgehead atoms. The molecule has 0 radical (unpaired) electrons. The maximum atomic E-state index is 12.1. The molecule has 1 heterocycles. The first-order valence-electron chi connectivity index (χ1n) is 8.40. The molecule has 1 aromatic heterocycles. The summed E-state index contributed by atoms with van der Waals surface area (Å²) in [5, 5.41) is 7.30. The van der Waals surface area contributed by atoms with Crippen LogP contribution in [0.25, 0.3) is 6.08 Å². The molecular formula is C21H20BrN3O. The minimum Gasteiger partial charge on any atom is -0.346 e. The van der Waals surface area contributed by atoms with Crippen molar-refractivity contribution >= 4 is 27.9 Å². The number of carbonyl (C=O) groups excluding carboxylic acids is 1. The van der Waals surface area contributed by atoms with Gasteiger partial charge in [0, 0.05) is 22.3 Å². The van der Waals surface area contributed by atoms with Gasteiger partial charge in [-0.25, -0.2) is 0 Å². The minimum absolute atomic E-state index is 0.0546. The highest BCUT2D eigenvalue weighted by atomic mass is 79.9. The lowest BCUT2D eigenvalue weighted by Crippen LogP contribution is -2.24. The fourth-order valence-electron chi connectivity index (χ4n) is 2.59. The van der Waals surface area contributed by atoms with Crippen LogP contribution < -0.4 is 5.32 Å². The summed E-state index contributed by atoms with van der Waals surface area (Å²) in [4.78, 5) is 12.1. The molecule has 0 saturated carbocycles. The van der Waals surface area contributed by atoms with Gasteiger partial charge in [-0.15, -0.1) is 0 Å². The monoisotopic (exact) mass is 409 g/mol. The zero-order valence-corrected chi connectivity index (χ0v) is 16.1. The van der Waals surface area contributed by atoms with Crippen LogP contribution in [0.4, 0.5) is 0 Å². The Morgan fingerprint density at radius 3 is 2.65 bits per heavy atom. The second-order valence-electron chi connectivity index (χ2n) is 6.07. The maximum absolute atomic E-state index is 12.1. The van der Waals surface area contributed by atoms with E-state index in [1.807, 2.05) is 60.3 Å². The van der Waals surface area contributed by atoms with Crippen LogP contribution in [-0.2, 0) is 11.3 Å². The molecule has 4 nitrogen and oxygen atoms in total. The Bertz CT molecular complexity index is 885. The summed E-state index contributed by atoms with van der Waals surface area (Å²) < 4.78 is 2.88. The number of benzene rings is 2. The van der Waals surface area contributed by atoms with Crippen molar-refractivity contribution in [2.75, 3.05) is 0 Å². The van der Waals surface area contributed by atoms with Gasteiger partial charge in [-0.3, -0.25) is 9.48 Å². The van der Waals surface area contributed by atoms with Crippen molar-refractivity contribution in [3.8, 4) is 0 Å². The predicted octanol–water partition coefficient (Wildman–Crippen LogP) is 4.58. The number of rotatable bonds is 6. The van der Waals surface area contributed by atoms with E-state index in [1.165, 1.54) is 5.56 Å². The minimum atomic E-state index is -0.128.